The van der Waals surface area contributed by atoms with Crippen LogP contribution in [0, 0.1) is 0 Å². The number of aromatic nitrogens is 1. The van der Waals surface area contributed by atoms with Crippen molar-refractivity contribution in [1.82, 2.24) is 0 Å². The molecule has 3 aromatic carbocycles. The number of thiazole rings is 1. The molecule has 48 heavy (non-hydrogen) atoms. The number of ether oxygens (including phenoxy) is 1. The lowest BCUT2D eigenvalue weighted by molar-refractivity contribution is -0.667. The molecule has 1 aliphatic rings. The number of hydrogen-bond donors (Lipinski definition) is 2. The molecular weight excluding hydrogens is 709 g/mol. The molecule has 14 heteroatoms. The molecule has 0 saturated carbocycles. The lowest BCUT2D eigenvalue weighted by Crippen LogP contribution is -2.36. The Morgan fingerprint density at radius 1 is 0.958 bits per heavy atom. The minimum absolute atomic E-state index is 0.243. The van der Waals surface area contributed by atoms with Gasteiger partial charge in [0.1, 0.15) is 10.4 Å². The van der Waals surface area contributed by atoms with Crippen molar-refractivity contribution in [1.29, 1.82) is 0 Å². The van der Waals surface area contributed by atoms with Gasteiger partial charge in [0.2, 0.25) is 5.52 Å². The highest BCUT2D eigenvalue weighted by Crippen LogP contribution is 2.48. The number of rotatable bonds is 13. The summed E-state index contributed by atoms with van der Waals surface area (Å²) in [6.07, 6.45) is 5.43. The van der Waals surface area contributed by atoms with Crippen molar-refractivity contribution >= 4 is 86.7 Å². The molecule has 0 saturated heterocycles. The molecule has 0 atom stereocenters. The van der Waals surface area contributed by atoms with E-state index >= 15 is 0 Å². The summed E-state index contributed by atoms with van der Waals surface area (Å²) in [6, 6.07) is 20.4. The van der Waals surface area contributed by atoms with Gasteiger partial charge in [-0.1, -0.05) is 66.4 Å². The molecule has 0 bridgehead atoms. The summed E-state index contributed by atoms with van der Waals surface area (Å²) in [5.41, 5.74) is 5.12. The SMILES string of the molecule is CCC(=C\c1sc2cc(OC)c3sccc3c2[n+]1CCCS(=O)(=O)O)/C=C1/Sc2ccc(-c3ccccc3)cc2N1CCCS(=O)(=O)O. The second-order valence-corrected chi connectivity index (χ2v) is 17.5. The molecule has 2 aromatic heterocycles. The van der Waals surface area contributed by atoms with E-state index in [0.717, 1.165) is 63.4 Å². The van der Waals surface area contributed by atoms with Gasteiger partial charge in [0.05, 0.1) is 39.4 Å². The van der Waals surface area contributed by atoms with E-state index in [1.807, 2.05) is 35.7 Å². The predicted octanol–water partition coefficient (Wildman–Crippen LogP) is 7.88. The summed E-state index contributed by atoms with van der Waals surface area (Å²) < 4.78 is 75.1. The van der Waals surface area contributed by atoms with Gasteiger partial charge in [0, 0.05) is 30.0 Å². The molecule has 0 amide bonds. The van der Waals surface area contributed by atoms with Crippen molar-refractivity contribution in [3.05, 3.63) is 87.7 Å². The highest BCUT2D eigenvalue weighted by atomic mass is 32.2. The second-order valence-electron chi connectivity index (χ2n) is 11.3. The Morgan fingerprint density at radius 2 is 1.71 bits per heavy atom. The lowest BCUT2D eigenvalue weighted by atomic mass is 10.0. The van der Waals surface area contributed by atoms with Crippen LogP contribution in [0.2, 0.25) is 0 Å². The molecule has 1 aliphatic heterocycles. The lowest BCUT2D eigenvalue weighted by Gasteiger charge is -2.21. The summed E-state index contributed by atoms with van der Waals surface area (Å²) in [5.74, 6) is 0.104. The topological polar surface area (TPSA) is 125 Å². The minimum Gasteiger partial charge on any atom is -0.495 e. The van der Waals surface area contributed by atoms with Gasteiger partial charge in [0.25, 0.3) is 25.2 Å². The van der Waals surface area contributed by atoms with E-state index in [4.69, 9.17) is 4.74 Å². The fraction of sp³-hybridized carbons (Fsp3) is 0.265. The molecule has 5 aromatic rings. The van der Waals surface area contributed by atoms with Gasteiger partial charge < -0.3 is 9.64 Å². The molecule has 0 unspecified atom stereocenters. The number of nitrogens with zero attached hydrogens (tertiary/aromatic N) is 2. The first-order chi connectivity index (χ1) is 22.9. The molecule has 2 N–H and O–H groups in total. The number of aryl methyl sites for hydroxylation is 1. The number of anilines is 1. The highest BCUT2D eigenvalue weighted by molar-refractivity contribution is 8.03. The van der Waals surface area contributed by atoms with Crippen LogP contribution < -0.4 is 14.2 Å². The fourth-order valence-electron chi connectivity index (χ4n) is 5.81. The number of thiophene rings is 1. The maximum absolute atomic E-state index is 11.6. The Balaban J connectivity index is 1.42. The third-order valence-corrected chi connectivity index (χ3v) is 12.8. The van der Waals surface area contributed by atoms with Gasteiger partial charge in [-0.15, -0.1) is 11.3 Å². The summed E-state index contributed by atoms with van der Waals surface area (Å²) in [6.45, 7) is 2.86. The van der Waals surface area contributed by atoms with Gasteiger partial charge in [-0.3, -0.25) is 9.11 Å². The largest absolute Gasteiger partial charge is 0.495 e. The van der Waals surface area contributed by atoms with Gasteiger partial charge in [-0.05, 0) is 59.2 Å². The summed E-state index contributed by atoms with van der Waals surface area (Å²) in [7, 11) is -6.57. The Bertz CT molecular complexity index is 2260. The average Bonchev–Trinajstić information content (AvgIpc) is 3.75. The first kappa shape index (κ1) is 34.6. The van der Waals surface area contributed by atoms with Crippen LogP contribution in [0.5, 0.6) is 5.75 Å². The van der Waals surface area contributed by atoms with Crippen LogP contribution in [0.15, 0.2) is 87.6 Å². The maximum atomic E-state index is 11.6. The highest BCUT2D eigenvalue weighted by Gasteiger charge is 2.28. The van der Waals surface area contributed by atoms with Crippen LogP contribution >= 0.6 is 34.4 Å². The van der Waals surface area contributed by atoms with Crippen LogP contribution in [0.4, 0.5) is 5.69 Å². The van der Waals surface area contributed by atoms with Crippen LogP contribution in [0.25, 0.3) is 37.5 Å². The van der Waals surface area contributed by atoms with E-state index in [2.05, 4.69) is 58.9 Å². The van der Waals surface area contributed by atoms with Crippen LogP contribution in [0.1, 0.15) is 31.2 Å². The van der Waals surface area contributed by atoms with Crippen molar-refractivity contribution in [3.63, 3.8) is 0 Å². The van der Waals surface area contributed by atoms with Crippen molar-refractivity contribution in [3.8, 4) is 16.9 Å². The molecule has 3 heterocycles. The molecule has 0 spiro atoms. The van der Waals surface area contributed by atoms with Crippen molar-refractivity contribution < 1.29 is 35.2 Å². The quantitative estimate of drug-likeness (QED) is 0.0916. The Hall–Kier alpha value is -3.24. The molecule has 0 aliphatic carbocycles. The van der Waals surface area contributed by atoms with E-state index in [-0.39, 0.29) is 24.3 Å². The first-order valence-corrected chi connectivity index (χ1v) is 21.0. The normalized spacial score (nSPS) is 14.8. The number of allylic oxidation sites excluding steroid dienone is 2. The zero-order valence-corrected chi connectivity index (χ0v) is 30.4. The van der Waals surface area contributed by atoms with Crippen LogP contribution in [-0.2, 0) is 26.8 Å². The third kappa shape index (κ3) is 7.80. The van der Waals surface area contributed by atoms with Crippen molar-refractivity contribution in [2.45, 2.75) is 37.6 Å². The van der Waals surface area contributed by atoms with Crippen molar-refractivity contribution in [2.24, 2.45) is 0 Å². The Labute approximate surface area is 292 Å². The van der Waals surface area contributed by atoms with Gasteiger partial charge in [-0.2, -0.15) is 21.4 Å². The van der Waals surface area contributed by atoms with Crippen molar-refractivity contribution in [2.75, 3.05) is 30.1 Å². The predicted molar refractivity (Wildman–Crippen MR) is 197 cm³/mol. The Morgan fingerprint density at radius 3 is 2.42 bits per heavy atom. The molecule has 9 nitrogen and oxygen atoms in total. The zero-order chi connectivity index (χ0) is 34.1. The third-order valence-electron chi connectivity index (χ3n) is 8.04. The molecular formula is C34H35N2O7S5+. The maximum Gasteiger partial charge on any atom is 0.265 e. The van der Waals surface area contributed by atoms with Gasteiger partial charge >= 0.3 is 0 Å². The Kier molecular flexibility index (Phi) is 10.3. The van der Waals surface area contributed by atoms with E-state index < -0.39 is 20.2 Å². The molecule has 252 valence electrons. The van der Waals surface area contributed by atoms with Crippen LogP contribution in [-0.4, -0.2) is 51.1 Å². The van der Waals surface area contributed by atoms with Crippen LogP contribution in [0.3, 0.4) is 0 Å². The summed E-state index contributed by atoms with van der Waals surface area (Å²) in [4.78, 5) is 3.17. The van der Waals surface area contributed by atoms with E-state index in [0.29, 0.717) is 19.5 Å². The van der Waals surface area contributed by atoms with Gasteiger partial charge in [0.15, 0.2) is 6.54 Å². The van der Waals surface area contributed by atoms with E-state index in [9.17, 15) is 25.9 Å². The number of methoxy groups -OCH3 is 1. The summed E-state index contributed by atoms with van der Waals surface area (Å²) in [5, 5.41) is 4.91. The minimum atomic E-state index is -4.11. The standard InChI is InChI=1S/C34H34N2O7S5/c1-3-23(20-32-36(15-8-18-48(40,41)42)33-26-13-16-44-34(26)28(43-2)22-30(33)46-32)19-31-35(14-7-17-47(37,38)39)27-21-25(11-12-29(27)45-31)24-9-5-4-6-10-24/h4-6,9-13,16,19-22H,3,7-8,14-15,17-18H2,1-2H3,(H-,37,38,39,40,41,42)/p+1. The molecule has 0 radical (unpaired) electrons. The van der Waals surface area contributed by atoms with E-state index in [1.54, 1.807) is 41.5 Å². The zero-order valence-electron chi connectivity index (χ0n) is 26.3. The number of benzene rings is 3. The van der Waals surface area contributed by atoms with Gasteiger partial charge in [-0.25, -0.2) is 0 Å². The molecule has 0 fully saturated rings. The number of hydrogen-bond acceptors (Lipinski definition) is 9. The number of thioether (sulfide) groups is 1. The summed E-state index contributed by atoms with van der Waals surface area (Å²) >= 11 is 4.79. The van der Waals surface area contributed by atoms with E-state index in [1.165, 1.54) is 0 Å². The second kappa shape index (κ2) is 14.3. The first-order valence-electron chi connectivity index (χ1n) is 15.3. The monoisotopic (exact) mass is 743 g/mol. The number of fused-ring (bicyclic) bond motifs is 4. The smallest absolute Gasteiger partial charge is 0.265 e. The average molecular weight is 744 g/mol. The molecule has 6 rings (SSSR count). The fourth-order valence-corrected chi connectivity index (χ4v) is 10.0.